The van der Waals surface area contributed by atoms with E-state index in [0.29, 0.717) is 11.4 Å². The van der Waals surface area contributed by atoms with E-state index in [1.807, 2.05) is 18.4 Å². The van der Waals surface area contributed by atoms with Crippen LogP contribution in [0.15, 0.2) is 17.5 Å². The van der Waals surface area contributed by atoms with Crippen molar-refractivity contribution in [3.05, 3.63) is 22.4 Å². The Kier molecular flexibility index (Phi) is 8.62. The van der Waals surface area contributed by atoms with Crippen LogP contribution in [0.2, 0.25) is 0 Å². The molecule has 0 spiro atoms. The van der Waals surface area contributed by atoms with Crippen LogP contribution in [0.25, 0.3) is 0 Å². The largest absolute Gasteiger partial charge is 0.356 e. The molecule has 3 N–H and O–H groups in total. The third-order valence-corrected chi connectivity index (χ3v) is 3.21. The molecule has 0 saturated heterocycles. The molecule has 0 bridgehead atoms. The van der Waals surface area contributed by atoms with Crippen molar-refractivity contribution in [2.24, 2.45) is 5.73 Å². The normalized spacial score (nSPS) is 11.4. The Bertz CT molecular complexity index is 366. The summed E-state index contributed by atoms with van der Waals surface area (Å²) in [6, 6.07) is 3.70. The number of hydrogen-bond acceptors (Lipinski definition) is 4. The number of nitrogens with one attached hydrogen (secondary N) is 1. The second kappa shape index (κ2) is 9.08. The molecule has 1 aromatic heterocycles. The fourth-order valence-electron chi connectivity index (χ4n) is 1.32. The number of ketones is 1. The number of amides is 1. The molecule has 18 heavy (non-hydrogen) atoms. The lowest BCUT2D eigenvalue weighted by atomic mass is 10.2. The number of hydrogen-bond donors (Lipinski definition) is 2. The summed E-state index contributed by atoms with van der Waals surface area (Å²) in [5, 5.41) is 4.60. The highest BCUT2D eigenvalue weighted by molar-refractivity contribution is 7.12. The Labute approximate surface area is 117 Å². The number of rotatable bonds is 7. The van der Waals surface area contributed by atoms with E-state index in [-0.39, 0.29) is 43.0 Å². The summed E-state index contributed by atoms with van der Waals surface area (Å²) < 4.78 is 0. The van der Waals surface area contributed by atoms with E-state index in [0.717, 1.165) is 6.42 Å². The van der Waals surface area contributed by atoms with Gasteiger partial charge in [0.15, 0.2) is 5.78 Å². The molecule has 1 heterocycles. The van der Waals surface area contributed by atoms with Crippen LogP contribution >= 0.6 is 23.7 Å². The van der Waals surface area contributed by atoms with Crippen LogP contribution in [-0.4, -0.2) is 24.3 Å². The molecule has 0 radical (unpaired) electrons. The Balaban J connectivity index is 0.00000289. The molecule has 1 aromatic rings. The van der Waals surface area contributed by atoms with Crippen molar-refractivity contribution in [2.75, 3.05) is 6.54 Å². The van der Waals surface area contributed by atoms with Gasteiger partial charge in [-0.15, -0.1) is 23.7 Å². The van der Waals surface area contributed by atoms with Crippen LogP contribution in [0, 0.1) is 0 Å². The summed E-state index contributed by atoms with van der Waals surface area (Å²) >= 11 is 1.41. The SMILES string of the molecule is CC(N)CCNC(=O)CCC(=O)c1cccs1.Cl. The molecule has 0 aliphatic carbocycles. The van der Waals surface area contributed by atoms with E-state index >= 15 is 0 Å². The smallest absolute Gasteiger partial charge is 0.220 e. The Morgan fingerprint density at radius 3 is 2.72 bits per heavy atom. The number of nitrogens with two attached hydrogens (primary N) is 1. The summed E-state index contributed by atoms with van der Waals surface area (Å²) in [6.45, 7) is 2.47. The quantitative estimate of drug-likeness (QED) is 0.754. The monoisotopic (exact) mass is 290 g/mol. The molecule has 4 nitrogen and oxygen atoms in total. The average molecular weight is 291 g/mol. The first-order valence-corrected chi connectivity index (χ1v) is 6.56. The Hall–Kier alpha value is -0.910. The lowest BCUT2D eigenvalue weighted by Crippen LogP contribution is -2.29. The highest BCUT2D eigenvalue weighted by atomic mass is 35.5. The zero-order valence-electron chi connectivity index (χ0n) is 10.3. The van der Waals surface area contributed by atoms with E-state index in [2.05, 4.69) is 5.32 Å². The van der Waals surface area contributed by atoms with Crippen molar-refractivity contribution in [1.82, 2.24) is 5.32 Å². The average Bonchev–Trinajstić information content (AvgIpc) is 2.78. The molecule has 0 fully saturated rings. The first-order chi connectivity index (χ1) is 8.09. The number of carbonyl (C=O) groups excluding carboxylic acids is 2. The van der Waals surface area contributed by atoms with Crippen LogP contribution in [-0.2, 0) is 4.79 Å². The topological polar surface area (TPSA) is 72.2 Å². The van der Waals surface area contributed by atoms with Gasteiger partial charge in [-0.3, -0.25) is 9.59 Å². The minimum Gasteiger partial charge on any atom is -0.356 e. The molecule has 102 valence electrons. The van der Waals surface area contributed by atoms with Gasteiger partial charge >= 0.3 is 0 Å². The molecule has 0 aliphatic heterocycles. The molecule has 1 atom stereocenters. The van der Waals surface area contributed by atoms with Crippen LogP contribution in [0.4, 0.5) is 0 Å². The Morgan fingerprint density at radius 1 is 1.44 bits per heavy atom. The number of carbonyl (C=O) groups is 2. The zero-order chi connectivity index (χ0) is 12.7. The van der Waals surface area contributed by atoms with E-state index < -0.39 is 0 Å². The van der Waals surface area contributed by atoms with Gasteiger partial charge in [-0.05, 0) is 24.8 Å². The summed E-state index contributed by atoms with van der Waals surface area (Å²) in [4.78, 5) is 23.7. The molecule has 6 heteroatoms. The van der Waals surface area contributed by atoms with Crippen molar-refractivity contribution < 1.29 is 9.59 Å². The maximum atomic E-state index is 11.6. The van der Waals surface area contributed by atoms with Gasteiger partial charge in [-0.1, -0.05) is 6.07 Å². The van der Waals surface area contributed by atoms with Crippen molar-refractivity contribution in [3.8, 4) is 0 Å². The van der Waals surface area contributed by atoms with E-state index in [1.165, 1.54) is 11.3 Å². The van der Waals surface area contributed by atoms with Crippen LogP contribution < -0.4 is 11.1 Å². The first kappa shape index (κ1) is 17.1. The van der Waals surface area contributed by atoms with E-state index in [4.69, 9.17) is 5.73 Å². The molecule has 1 amide bonds. The third kappa shape index (κ3) is 6.74. The lowest BCUT2D eigenvalue weighted by molar-refractivity contribution is -0.121. The molecule has 0 saturated carbocycles. The minimum absolute atomic E-state index is 0. The van der Waals surface area contributed by atoms with Crippen LogP contribution in [0.3, 0.4) is 0 Å². The highest BCUT2D eigenvalue weighted by Crippen LogP contribution is 2.12. The summed E-state index contributed by atoms with van der Waals surface area (Å²) in [7, 11) is 0. The third-order valence-electron chi connectivity index (χ3n) is 2.30. The number of halogens is 1. The molecule has 0 aromatic carbocycles. The first-order valence-electron chi connectivity index (χ1n) is 5.68. The van der Waals surface area contributed by atoms with Gasteiger partial charge in [0.05, 0.1) is 4.88 Å². The molecule has 0 aliphatic rings. The van der Waals surface area contributed by atoms with E-state index in [9.17, 15) is 9.59 Å². The van der Waals surface area contributed by atoms with Crippen LogP contribution in [0.5, 0.6) is 0 Å². The second-order valence-electron chi connectivity index (χ2n) is 4.02. The fourth-order valence-corrected chi connectivity index (χ4v) is 2.01. The number of Topliss-reactive ketones (excluding diaryl/α,β-unsaturated/α-hetero) is 1. The summed E-state index contributed by atoms with van der Waals surface area (Å²) in [5.41, 5.74) is 5.56. The number of thiophene rings is 1. The highest BCUT2D eigenvalue weighted by Gasteiger charge is 2.09. The second-order valence-corrected chi connectivity index (χ2v) is 4.96. The van der Waals surface area contributed by atoms with Gasteiger partial charge < -0.3 is 11.1 Å². The van der Waals surface area contributed by atoms with E-state index in [1.54, 1.807) is 6.07 Å². The lowest BCUT2D eigenvalue weighted by Gasteiger charge is -2.06. The zero-order valence-corrected chi connectivity index (χ0v) is 12.0. The van der Waals surface area contributed by atoms with Gasteiger partial charge in [-0.25, -0.2) is 0 Å². The Morgan fingerprint density at radius 2 is 2.17 bits per heavy atom. The maximum absolute atomic E-state index is 11.6. The minimum atomic E-state index is -0.0874. The van der Waals surface area contributed by atoms with Crippen molar-refractivity contribution in [2.45, 2.75) is 32.2 Å². The molecule has 1 rings (SSSR count). The van der Waals surface area contributed by atoms with Gasteiger partial charge in [0, 0.05) is 25.4 Å². The van der Waals surface area contributed by atoms with Crippen molar-refractivity contribution >= 4 is 35.4 Å². The predicted octanol–water partition coefficient (Wildman–Crippen LogP) is 1.99. The fraction of sp³-hybridized carbons (Fsp3) is 0.500. The van der Waals surface area contributed by atoms with Crippen LogP contribution in [0.1, 0.15) is 35.9 Å². The maximum Gasteiger partial charge on any atom is 0.220 e. The molecular formula is C12H19ClN2O2S. The predicted molar refractivity (Wildman–Crippen MR) is 76.4 cm³/mol. The van der Waals surface area contributed by atoms with Gasteiger partial charge in [0.25, 0.3) is 0 Å². The molecule has 1 unspecified atom stereocenters. The summed E-state index contributed by atoms with van der Waals surface area (Å²) in [6.07, 6.45) is 1.27. The summed E-state index contributed by atoms with van der Waals surface area (Å²) in [5.74, 6) is -0.0575. The standard InChI is InChI=1S/C12H18N2O2S.ClH/c1-9(13)6-7-14-12(16)5-4-10(15)11-3-2-8-17-11;/h2-3,8-9H,4-7,13H2,1H3,(H,14,16);1H. The van der Waals surface area contributed by atoms with Crippen molar-refractivity contribution in [3.63, 3.8) is 0 Å². The van der Waals surface area contributed by atoms with Crippen molar-refractivity contribution in [1.29, 1.82) is 0 Å². The van der Waals surface area contributed by atoms with Gasteiger partial charge in [-0.2, -0.15) is 0 Å². The van der Waals surface area contributed by atoms with Gasteiger partial charge in [0.2, 0.25) is 5.91 Å². The molecular weight excluding hydrogens is 272 g/mol. The van der Waals surface area contributed by atoms with Gasteiger partial charge in [0.1, 0.15) is 0 Å².